The monoisotopic (exact) mass is 835 g/mol. The van der Waals surface area contributed by atoms with Crippen LogP contribution in [0, 0.1) is 0 Å². The third-order valence-corrected chi connectivity index (χ3v) is 11.6. The van der Waals surface area contributed by atoms with Gasteiger partial charge in [0.25, 0.3) is 0 Å². The van der Waals surface area contributed by atoms with Gasteiger partial charge in [-0.1, -0.05) is 160 Å². The molecule has 57 heavy (non-hydrogen) atoms. The zero-order chi connectivity index (χ0) is 42.0. The molecule has 1 aliphatic carbocycles. The summed E-state index contributed by atoms with van der Waals surface area (Å²) in [6.07, 6.45) is 26.9. The van der Waals surface area contributed by atoms with E-state index in [2.05, 4.69) is 38.2 Å². The summed E-state index contributed by atoms with van der Waals surface area (Å²) in [5.74, 6) is -0.481. The molecule has 6 atom stereocenters. The number of aliphatic hydroxyl groups is 5. The van der Waals surface area contributed by atoms with Crippen molar-refractivity contribution in [3.63, 3.8) is 0 Å². The van der Waals surface area contributed by atoms with Gasteiger partial charge in [0.05, 0.1) is 13.2 Å². The predicted octanol–water partition coefficient (Wildman–Crippen LogP) is 8.92. The minimum atomic E-state index is -5.01. The topological polar surface area (TPSA) is 192 Å². The summed E-state index contributed by atoms with van der Waals surface area (Å²) in [7, 11) is -5.01. The summed E-state index contributed by atoms with van der Waals surface area (Å²) in [5.41, 5.74) is 0. The van der Waals surface area contributed by atoms with E-state index in [0.29, 0.717) is 13.0 Å². The average Bonchev–Trinajstić information content (AvgIpc) is 3.19. The largest absolute Gasteiger partial charge is 0.472 e. The minimum absolute atomic E-state index is 0.0754. The van der Waals surface area contributed by atoms with Gasteiger partial charge in [-0.05, 0) is 44.9 Å². The molecule has 1 saturated carbocycles. The molecule has 12 nitrogen and oxygen atoms in total. The molecular weight excluding hydrogens is 751 g/mol. The van der Waals surface area contributed by atoms with Crippen LogP contribution in [0.15, 0.2) is 24.3 Å². The Morgan fingerprint density at radius 3 is 1.47 bits per heavy atom. The average molecular weight is 835 g/mol. The van der Waals surface area contributed by atoms with E-state index in [4.69, 9.17) is 18.5 Å². The van der Waals surface area contributed by atoms with E-state index >= 15 is 0 Å². The first-order chi connectivity index (χ1) is 27.5. The molecule has 0 aromatic heterocycles. The van der Waals surface area contributed by atoms with Gasteiger partial charge in [-0.3, -0.25) is 13.8 Å². The number of phosphoric acid groups is 1. The van der Waals surface area contributed by atoms with Crippen molar-refractivity contribution in [2.75, 3.05) is 19.8 Å². The molecule has 1 aliphatic rings. The summed E-state index contributed by atoms with van der Waals surface area (Å²) in [4.78, 5) is 23.1. The van der Waals surface area contributed by atoms with E-state index in [-0.39, 0.29) is 13.0 Å². The lowest BCUT2D eigenvalue weighted by Crippen LogP contribution is -2.64. The number of carbonyl (C=O) groups excluding carboxylic acids is 1. The van der Waals surface area contributed by atoms with Crippen LogP contribution in [-0.4, -0.2) is 98.9 Å². The molecule has 0 saturated heterocycles. The number of ether oxygens (including phenoxy) is 2. The number of phosphoric ester groups is 1. The van der Waals surface area contributed by atoms with Crippen molar-refractivity contribution in [2.45, 2.75) is 230 Å². The summed E-state index contributed by atoms with van der Waals surface area (Å²) in [6.45, 7) is 4.22. The first kappa shape index (κ1) is 53.8. The highest BCUT2D eigenvalue weighted by atomic mass is 31.2. The summed E-state index contributed by atoms with van der Waals surface area (Å²) < 4.78 is 34.1. The molecule has 13 heteroatoms. The summed E-state index contributed by atoms with van der Waals surface area (Å²) in [5, 5.41) is 50.1. The highest BCUT2D eigenvalue weighted by molar-refractivity contribution is 7.47. The molecule has 0 spiro atoms. The maximum atomic E-state index is 12.8. The first-order valence-corrected chi connectivity index (χ1v) is 24.2. The fourth-order valence-corrected chi connectivity index (χ4v) is 7.89. The molecule has 0 heterocycles. The van der Waals surface area contributed by atoms with Crippen LogP contribution in [0.4, 0.5) is 0 Å². The molecule has 1 rings (SSSR count). The lowest BCUT2D eigenvalue weighted by atomic mass is 9.85. The van der Waals surface area contributed by atoms with Crippen LogP contribution >= 0.6 is 7.82 Å². The van der Waals surface area contributed by atoms with E-state index in [1.165, 1.54) is 109 Å². The molecule has 0 aromatic carbocycles. The molecule has 0 amide bonds. The molecule has 0 bridgehead atoms. The number of esters is 1. The van der Waals surface area contributed by atoms with Crippen LogP contribution < -0.4 is 0 Å². The maximum absolute atomic E-state index is 12.8. The van der Waals surface area contributed by atoms with Gasteiger partial charge in [-0.25, -0.2) is 4.57 Å². The van der Waals surface area contributed by atoms with Gasteiger partial charge < -0.3 is 39.9 Å². The second-order valence-electron chi connectivity index (χ2n) is 15.9. The normalized spacial score (nSPS) is 23.0. The predicted molar refractivity (Wildman–Crippen MR) is 226 cm³/mol. The molecular formula is C44H83O12P. The third kappa shape index (κ3) is 28.1. The SMILES string of the molecule is CCCCCCC/C=C\C/C=C\CCCCCCCCCCCC(=O)OC(COCCCCCCCCCCC)COP(=O)(O)OC1C(O)C(O)C(O)C(O)C1O. The number of allylic oxidation sites excluding steroid dienone is 4. The number of aliphatic hydroxyl groups excluding tert-OH is 5. The highest BCUT2D eigenvalue weighted by Gasteiger charge is 2.51. The van der Waals surface area contributed by atoms with Gasteiger partial charge in [-0.2, -0.15) is 0 Å². The van der Waals surface area contributed by atoms with E-state index in [1.54, 1.807) is 0 Å². The van der Waals surface area contributed by atoms with Crippen molar-refractivity contribution in [1.29, 1.82) is 0 Å². The Labute approximate surface area is 345 Å². The second-order valence-corrected chi connectivity index (χ2v) is 17.3. The van der Waals surface area contributed by atoms with Crippen molar-refractivity contribution >= 4 is 13.8 Å². The molecule has 0 radical (unpaired) electrons. The van der Waals surface area contributed by atoms with Gasteiger partial charge >= 0.3 is 13.8 Å². The number of hydrogen-bond acceptors (Lipinski definition) is 11. The van der Waals surface area contributed by atoms with Crippen LogP contribution in [0.5, 0.6) is 0 Å². The summed E-state index contributed by atoms with van der Waals surface area (Å²) in [6, 6.07) is 0. The standard InChI is InChI=1S/C44H83O12P/c1-3-5-7-9-11-13-14-15-16-17-18-19-20-21-22-23-24-25-27-29-31-33-38(45)55-37(35-53-34-32-30-28-26-12-10-8-6-4-2)36-54-57(51,52)56-44-42(49)40(47)39(46)41(48)43(44)50/h14-15,17-18,37,39-44,46-50H,3-13,16,19-36H2,1-2H3,(H,51,52)/b15-14-,18-17-. The number of rotatable bonds is 38. The lowest BCUT2D eigenvalue weighted by Gasteiger charge is -2.41. The number of carbonyl (C=O) groups is 1. The maximum Gasteiger partial charge on any atom is 0.472 e. The van der Waals surface area contributed by atoms with E-state index in [9.17, 15) is 39.8 Å². The van der Waals surface area contributed by atoms with Crippen LogP contribution in [-0.2, 0) is 27.9 Å². The Balaban J connectivity index is 2.34. The van der Waals surface area contributed by atoms with Gasteiger partial charge in [-0.15, -0.1) is 0 Å². The fraction of sp³-hybridized carbons (Fsp3) is 0.886. The smallest absolute Gasteiger partial charge is 0.457 e. The van der Waals surface area contributed by atoms with Crippen molar-refractivity contribution in [3.8, 4) is 0 Å². The van der Waals surface area contributed by atoms with Crippen molar-refractivity contribution < 1.29 is 58.3 Å². The Bertz CT molecular complexity index is 1040. The molecule has 336 valence electrons. The zero-order valence-electron chi connectivity index (χ0n) is 35.6. The van der Waals surface area contributed by atoms with Gasteiger partial charge in [0.15, 0.2) is 0 Å². The molecule has 6 N–H and O–H groups in total. The minimum Gasteiger partial charge on any atom is -0.457 e. The van der Waals surface area contributed by atoms with Crippen LogP contribution in [0.1, 0.15) is 187 Å². The first-order valence-electron chi connectivity index (χ1n) is 22.7. The Kier molecular flexibility index (Phi) is 33.6. The molecule has 1 fully saturated rings. The highest BCUT2D eigenvalue weighted by Crippen LogP contribution is 2.47. The summed E-state index contributed by atoms with van der Waals surface area (Å²) >= 11 is 0. The van der Waals surface area contributed by atoms with Crippen LogP contribution in [0.2, 0.25) is 0 Å². The van der Waals surface area contributed by atoms with Gasteiger partial charge in [0.2, 0.25) is 0 Å². The fourth-order valence-electron chi connectivity index (χ4n) is 6.91. The third-order valence-electron chi connectivity index (χ3n) is 10.6. The second kappa shape index (κ2) is 35.6. The van der Waals surface area contributed by atoms with Crippen molar-refractivity contribution in [2.24, 2.45) is 0 Å². The number of unbranched alkanes of at least 4 members (excludes halogenated alkanes) is 22. The van der Waals surface area contributed by atoms with Gasteiger partial charge in [0, 0.05) is 13.0 Å². The number of hydrogen-bond donors (Lipinski definition) is 6. The Morgan fingerprint density at radius 1 is 0.561 bits per heavy atom. The van der Waals surface area contributed by atoms with Gasteiger partial charge in [0.1, 0.15) is 42.7 Å². The Hall–Kier alpha value is -1.18. The zero-order valence-corrected chi connectivity index (χ0v) is 36.5. The Morgan fingerprint density at radius 2 is 0.982 bits per heavy atom. The van der Waals surface area contributed by atoms with Crippen LogP contribution in [0.25, 0.3) is 0 Å². The van der Waals surface area contributed by atoms with E-state index in [1.807, 2.05) is 0 Å². The van der Waals surface area contributed by atoms with Crippen LogP contribution in [0.3, 0.4) is 0 Å². The molecule has 0 aliphatic heterocycles. The quantitative estimate of drug-likeness (QED) is 0.0150. The lowest BCUT2D eigenvalue weighted by molar-refractivity contribution is -0.220. The molecule has 6 unspecified atom stereocenters. The van der Waals surface area contributed by atoms with Crippen molar-refractivity contribution in [3.05, 3.63) is 24.3 Å². The van der Waals surface area contributed by atoms with E-state index in [0.717, 1.165) is 51.4 Å². The molecule has 0 aromatic rings. The van der Waals surface area contributed by atoms with Crippen molar-refractivity contribution in [1.82, 2.24) is 0 Å². The van der Waals surface area contributed by atoms with E-state index < -0.39 is 63.1 Å².